The van der Waals surface area contributed by atoms with E-state index in [1.807, 2.05) is 28.0 Å². The smallest absolute Gasteiger partial charge is 0.264 e. The van der Waals surface area contributed by atoms with Gasteiger partial charge in [0, 0.05) is 49.5 Å². The number of hydrogen-bond acceptors (Lipinski definition) is 5. The number of anilines is 1. The number of piperazine rings is 1. The molecule has 1 atom stereocenters. The molecule has 2 saturated heterocycles. The lowest BCUT2D eigenvalue weighted by Crippen LogP contribution is -2.49. The molecule has 5 rings (SSSR count). The Bertz CT molecular complexity index is 1090. The van der Waals surface area contributed by atoms with Crippen LogP contribution >= 0.6 is 11.3 Å². The van der Waals surface area contributed by atoms with E-state index in [1.54, 1.807) is 23.5 Å². The predicted octanol–water partition coefficient (Wildman–Crippen LogP) is 4.01. The Morgan fingerprint density at radius 3 is 2.55 bits per heavy atom. The summed E-state index contributed by atoms with van der Waals surface area (Å²) in [6.45, 7) is 4.74. The highest BCUT2D eigenvalue weighted by atomic mass is 32.1. The van der Waals surface area contributed by atoms with Crippen molar-refractivity contribution in [3.8, 4) is 0 Å². The first-order chi connectivity index (χ1) is 15.1. The summed E-state index contributed by atoms with van der Waals surface area (Å²) in [5.41, 5.74) is 1.63. The third kappa shape index (κ3) is 3.93. The molecule has 1 aromatic heterocycles. The number of hydrogen-bond donors (Lipinski definition) is 0. The lowest BCUT2D eigenvalue weighted by atomic mass is 10.0. The van der Waals surface area contributed by atoms with E-state index in [1.165, 1.54) is 6.07 Å². The topological polar surface area (TPSA) is 36.0 Å². The number of carbonyl (C=O) groups excluding carboxylic acids is 1. The van der Waals surface area contributed by atoms with Gasteiger partial charge in [0.25, 0.3) is 5.91 Å². The van der Waals surface area contributed by atoms with Crippen molar-refractivity contribution in [2.45, 2.75) is 6.10 Å². The average Bonchev–Trinajstić information content (AvgIpc) is 3.19. The summed E-state index contributed by atoms with van der Waals surface area (Å²) >= 11 is 1.56. The molecular weight excluding hydrogens is 413 g/mol. The fourth-order valence-electron chi connectivity index (χ4n) is 4.50. The molecule has 7 heteroatoms. The van der Waals surface area contributed by atoms with Gasteiger partial charge in [-0.1, -0.05) is 30.3 Å². The molecular formula is C24H26FN3O2S. The molecule has 1 amide bonds. The number of morpholine rings is 1. The second-order valence-electron chi connectivity index (χ2n) is 8.19. The number of para-hydroxylation sites is 1. The molecule has 0 aliphatic carbocycles. The van der Waals surface area contributed by atoms with Crippen molar-refractivity contribution in [1.82, 2.24) is 9.80 Å². The molecule has 162 valence electrons. The van der Waals surface area contributed by atoms with Gasteiger partial charge < -0.3 is 19.4 Å². The van der Waals surface area contributed by atoms with Crippen molar-refractivity contribution in [2.24, 2.45) is 0 Å². The molecule has 0 N–H and O–H groups in total. The van der Waals surface area contributed by atoms with Gasteiger partial charge >= 0.3 is 0 Å². The standard InChI is InChI=1S/C24H26FN3O2S/c1-26-14-15-30-20(16-26)22-17-6-2-5-9-21(17)31-23(22)24(29)28-12-10-27(11-13-28)19-8-4-3-7-18(19)25/h2-9,20H,10-16H2,1H3. The normalized spacial score (nSPS) is 20.4. The molecule has 2 aliphatic rings. The van der Waals surface area contributed by atoms with Crippen LogP contribution in [0.3, 0.4) is 0 Å². The summed E-state index contributed by atoms with van der Waals surface area (Å²) in [6, 6.07) is 15.0. The summed E-state index contributed by atoms with van der Waals surface area (Å²) in [5.74, 6) is -0.158. The first-order valence-electron chi connectivity index (χ1n) is 10.7. The predicted molar refractivity (Wildman–Crippen MR) is 123 cm³/mol. The lowest BCUT2D eigenvalue weighted by molar-refractivity contribution is -0.0204. The second kappa shape index (κ2) is 8.57. The minimum Gasteiger partial charge on any atom is -0.371 e. The molecule has 3 aromatic rings. The van der Waals surface area contributed by atoms with Crippen LogP contribution in [0.1, 0.15) is 21.3 Å². The van der Waals surface area contributed by atoms with Crippen LogP contribution in [-0.4, -0.2) is 68.6 Å². The molecule has 2 fully saturated rings. The van der Waals surface area contributed by atoms with Crippen molar-refractivity contribution in [3.05, 3.63) is 64.8 Å². The second-order valence-corrected chi connectivity index (χ2v) is 9.25. The quantitative estimate of drug-likeness (QED) is 0.618. The van der Waals surface area contributed by atoms with E-state index in [0.29, 0.717) is 38.5 Å². The maximum atomic E-state index is 14.2. The van der Waals surface area contributed by atoms with E-state index in [2.05, 4.69) is 24.1 Å². The minimum atomic E-state index is -0.215. The van der Waals surface area contributed by atoms with Gasteiger partial charge in [-0.25, -0.2) is 4.39 Å². The highest BCUT2D eigenvalue weighted by Gasteiger charge is 2.32. The number of thiophene rings is 1. The first kappa shape index (κ1) is 20.4. The molecule has 5 nitrogen and oxygen atoms in total. The molecule has 0 radical (unpaired) electrons. The van der Waals surface area contributed by atoms with Crippen LogP contribution < -0.4 is 4.90 Å². The van der Waals surface area contributed by atoms with E-state index < -0.39 is 0 Å². The maximum absolute atomic E-state index is 14.2. The van der Waals surface area contributed by atoms with Crippen molar-refractivity contribution in [2.75, 3.05) is 57.8 Å². The van der Waals surface area contributed by atoms with Gasteiger partial charge in [-0.15, -0.1) is 11.3 Å². The largest absolute Gasteiger partial charge is 0.371 e. The van der Waals surface area contributed by atoms with E-state index in [-0.39, 0.29) is 17.8 Å². The van der Waals surface area contributed by atoms with E-state index in [4.69, 9.17) is 4.74 Å². The van der Waals surface area contributed by atoms with Crippen molar-refractivity contribution in [1.29, 1.82) is 0 Å². The number of nitrogens with zero attached hydrogens (tertiary/aromatic N) is 3. The van der Waals surface area contributed by atoms with Crippen molar-refractivity contribution in [3.63, 3.8) is 0 Å². The van der Waals surface area contributed by atoms with Crippen LogP contribution in [-0.2, 0) is 4.74 Å². The van der Waals surface area contributed by atoms with Crippen LogP contribution in [0.25, 0.3) is 10.1 Å². The zero-order valence-corrected chi connectivity index (χ0v) is 18.4. The number of likely N-dealkylation sites (N-methyl/N-ethyl adjacent to an activating group) is 1. The third-order valence-corrected chi connectivity index (χ3v) is 7.35. The highest BCUT2D eigenvalue weighted by molar-refractivity contribution is 7.21. The fraction of sp³-hybridized carbons (Fsp3) is 0.375. The van der Waals surface area contributed by atoms with Gasteiger partial charge in [0.05, 0.1) is 23.3 Å². The molecule has 0 saturated carbocycles. The number of rotatable bonds is 3. The Balaban J connectivity index is 1.40. The monoisotopic (exact) mass is 439 g/mol. The van der Waals surface area contributed by atoms with Gasteiger partial charge in [0.1, 0.15) is 5.82 Å². The van der Waals surface area contributed by atoms with Gasteiger partial charge in [-0.05, 0) is 30.6 Å². The van der Waals surface area contributed by atoms with Crippen LogP contribution in [0.2, 0.25) is 0 Å². The Hall–Kier alpha value is -2.48. The van der Waals surface area contributed by atoms with Crippen molar-refractivity contribution >= 4 is 33.0 Å². The average molecular weight is 440 g/mol. The third-order valence-electron chi connectivity index (χ3n) is 6.18. The summed E-state index contributed by atoms with van der Waals surface area (Å²) < 4.78 is 21.4. The van der Waals surface area contributed by atoms with Crippen LogP contribution in [0, 0.1) is 5.82 Å². The molecule has 0 spiro atoms. The van der Waals surface area contributed by atoms with Crippen LogP contribution in [0.5, 0.6) is 0 Å². The Morgan fingerprint density at radius 2 is 1.77 bits per heavy atom. The maximum Gasteiger partial charge on any atom is 0.264 e. The van der Waals surface area contributed by atoms with E-state index >= 15 is 0 Å². The number of carbonyl (C=O) groups is 1. The number of fused-ring (bicyclic) bond motifs is 1. The Morgan fingerprint density at radius 1 is 1.03 bits per heavy atom. The molecule has 2 aliphatic heterocycles. The van der Waals surface area contributed by atoms with Gasteiger partial charge in [0.2, 0.25) is 0 Å². The van der Waals surface area contributed by atoms with Gasteiger partial charge in [-0.3, -0.25) is 4.79 Å². The van der Waals surface area contributed by atoms with Gasteiger partial charge in [-0.2, -0.15) is 0 Å². The van der Waals surface area contributed by atoms with Crippen molar-refractivity contribution < 1.29 is 13.9 Å². The SMILES string of the molecule is CN1CCOC(c2c(C(=O)N3CCN(c4ccccc4F)CC3)sc3ccccc23)C1. The summed E-state index contributed by atoms with van der Waals surface area (Å²) in [4.78, 5) is 20.5. The van der Waals surface area contributed by atoms with Crippen LogP contribution in [0.4, 0.5) is 10.1 Å². The summed E-state index contributed by atoms with van der Waals surface area (Å²) in [5, 5.41) is 1.11. The first-order valence-corrected chi connectivity index (χ1v) is 11.5. The highest BCUT2D eigenvalue weighted by Crippen LogP contribution is 2.39. The molecule has 2 aromatic carbocycles. The molecule has 3 heterocycles. The zero-order valence-electron chi connectivity index (χ0n) is 17.6. The lowest BCUT2D eigenvalue weighted by Gasteiger charge is -2.36. The van der Waals surface area contributed by atoms with Gasteiger partial charge in [0.15, 0.2) is 0 Å². The molecule has 0 bridgehead atoms. The summed E-state index contributed by atoms with van der Waals surface area (Å²) in [6.07, 6.45) is -0.103. The summed E-state index contributed by atoms with van der Waals surface area (Å²) in [7, 11) is 2.09. The van der Waals surface area contributed by atoms with E-state index in [9.17, 15) is 9.18 Å². The number of amides is 1. The number of halogens is 1. The van der Waals surface area contributed by atoms with E-state index in [0.717, 1.165) is 33.6 Å². The number of ether oxygens (including phenoxy) is 1. The zero-order chi connectivity index (χ0) is 21.4. The Labute approximate surface area is 185 Å². The van der Waals surface area contributed by atoms with Crippen LogP contribution in [0.15, 0.2) is 48.5 Å². The molecule has 1 unspecified atom stereocenters. The minimum absolute atomic E-state index is 0.0567. The Kier molecular flexibility index (Phi) is 5.65. The number of benzene rings is 2. The molecule has 31 heavy (non-hydrogen) atoms. The fourth-order valence-corrected chi connectivity index (χ4v) is 5.72.